The molecule has 0 bridgehead atoms. The first-order valence-corrected chi connectivity index (χ1v) is 7.28. The summed E-state index contributed by atoms with van der Waals surface area (Å²) in [5, 5.41) is 1.36. The van der Waals surface area contributed by atoms with Crippen LogP contribution in [0.15, 0.2) is 18.2 Å². The van der Waals surface area contributed by atoms with Crippen LogP contribution in [0.3, 0.4) is 0 Å². The molecule has 0 aromatic heterocycles. The summed E-state index contributed by atoms with van der Waals surface area (Å²) in [7, 11) is 0. The van der Waals surface area contributed by atoms with Crippen LogP contribution in [0.25, 0.3) is 0 Å². The van der Waals surface area contributed by atoms with Crippen LogP contribution < -0.4 is 11.3 Å². The molecule has 2 nitrogen and oxygen atoms in total. The van der Waals surface area contributed by atoms with E-state index in [0.717, 1.165) is 11.5 Å². The fourth-order valence-electron chi connectivity index (χ4n) is 2.85. The van der Waals surface area contributed by atoms with Gasteiger partial charge < -0.3 is 0 Å². The van der Waals surface area contributed by atoms with Crippen molar-refractivity contribution in [2.75, 3.05) is 0 Å². The molecule has 0 heterocycles. The summed E-state index contributed by atoms with van der Waals surface area (Å²) in [5.41, 5.74) is 3.99. The molecule has 3 N–H and O–H groups in total. The van der Waals surface area contributed by atoms with Crippen LogP contribution in [0, 0.1) is 11.8 Å². The van der Waals surface area contributed by atoms with Crippen molar-refractivity contribution < 1.29 is 0 Å². The Kier molecular flexibility index (Phi) is 4.91. The molecular formula is C14H20Cl2N2. The Bertz CT molecular complexity index is 401. The van der Waals surface area contributed by atoms with E-state index < -0.39 is 0 Å². The molecule has 1 atom stereocenters. The lowest BCUT2D eigenvalue weighted by atomic mass is 9.77. The summed E-state index contributed by atoms with van der Waals surface area (Å²) in [5.74, 6) is 7.13. The fourth-order valence-corrected chi connectivity index (χ4v) is 3.38. The van der Waals surface area contributed by atoms with Gasteiger partial charge in [-0.15, -0.1) is 0 Å². The molecule has 100 valence electrons. The molecule has 18 heavy (non-hydrogen) atoms. The van der Waals surface area contributed by atoms with Gasteiger partial charge in [0.25, 0.3) is 0 Å². The molecular weight excluding hydrogens is 267 g/mol. The molecule has 0 spiro atoms. The Labute approximate surface area is 119 Å². The number of hydrogen-bond donors (Lipinski definition) is 2. The quantitative estimate of drug-likeness (QED) is 0.641. The average Bonchev–Trinajstić information content (AvgIpc) is 2.35. The highest BCUT2D eigenvalue weighted by Gasteiger charge is 2.27. The molecule has 1 aliphatic rings. The summed E-state index contributed by atoms with van der Waals surface area (Å²) < 4.78 is 0. The summed E-state index contributed by atoms with van der Waals surface area (Å²) >= 11 is 12.2. The molecule has 0 saturated heterocycles. The van der Waals surface area contributed by atoms with Crippen molar-refractivity contribution in [2.45, 2.75) is 38.6 Å². The van der Waals surface area contributed by atoms with E-state index in [2.05, 4.69) is 12.3 Å². The van der Waals surface area contributed by atoms with Gasteiger partial charge in [-0.2, -0.15) is 0 Å². The predicted octanol–water partition coefficient (Wildman–Crippen LogP) is 4.32. The van der Waals surface area contributed by atoms with Gasteiger partial charge in [-0.25, -0.2) is 0 Å². The highest BCUT2D eigenvalue weighted by atomic mass is 35.5. The minimum absolute atomic E-state index is 0.127. The first kappa shape index (κ1) is 14.1. The number of hydrogen-bond acceptors (Lipinski definition) is 2. The maximum Gasteiger partial charge on any atom is 0.0502 e. The van der Waals surface area contributed by atoms with Crippen LogP contribution in [0.1, 0.15) is 44.2 Å². The van der Waals surface area contributed by atoms with Gasteiger partial charge in [-0.3, -0.25) is 11.3 Å². The molecule has 1 aromatic rings. The Morgan fingerprint density at radius 2 is 1.89 bits per heavy atom. The summed E-state index contributed by atoms with van der Waals surface area (Å²) in [4.78, 5) is 0. The van der Waals surface area contributed by atoms with E-state index in [9.17, 15) is 0 Å². The van der Waals surface area contributed by atoms with Crippen molar-refractivity contribution in [3.8, 4) is 0 Å². The van der Waals surface area contributed by atoms with Crippen molar-refractivity contribution in [3.05, 3.63) is 33.8 Å². The standard InChI is InChI=1S/C14H20Cl2N2/c1-9-2-4-10(5-3-9)14(18-17)12-7-6-11(15)8-13(12)16/h6-10,14,18H,2-5,17H2,1H3. The highest BCUT2D eigenvalue weighted by molar-refractivity contribution is 6.35. The Hall–Kier alpha value is -0.280. The maximum atomic E-state index is 6.27. The van der Waals surface area contributed by atoms with Crippen LogP contribution in [-0.2, 0) is 0 Å². The van der Waals surface area contributed by atoms with Crippen LogP contribution in [0.4, 0.5) is 0 Å². The Morgan fingerprint density at radius 3 is 2.44 bits per heavy atom. The predicted molar refractivity (Wildman–Crippen MR) is 77.6 cm³/mol. The molecule has 1 aromatic carbocycles. The van der Waals surface area contributed by atoms with Crippen LogP contribution in [0.5, 0.6) is 0 Å². The van der Waals surface area contributed by atoms with Crippen molar-refractivity contribution >= 4 is 23.2 Å². The van der Waals surface area contributed by atoms with Crippen molar-refractivity contribution in [3.63, 3.8) is 0 Å². The van der Waals surface area contributed by atoms with E-state index in [1.165, 1.54) is 25.7 Å². The lowest BCUT2D eigenvalue weighted by molar-refractivity contribution is 0.232. The second-order valence-electron chi connectivity index (χ2n) is 5.33. The van der Waals surface area contributed by atoms with Gasteiger partial charge in [-0.1, -0.05) is 49.0 Å². The molecule has 1 unspecified atom stereocenters. The van der Waals surface area contributed by atoms with E-state index >= 15 is 0 Å². The second kappa shape index (κ2) is 6.25. The van der Waals surface area contributed by atoms with Gasteiger partial charge in [0.15, 0.2) is 0 Å². The third kappa shape index (κ3) is 3.18. The number of rotatable bonds is 3. The van der Waals surface area contributed by atoms with E-state index in [4.69, 9.17) is 29.0 Å². The summed E-state index contributed by atoms with van der Waals surface area (Å²) in [6.45, 7) is 2.32. The fraction of sp³-hybridized carbons (Fsp3) is 0.571. The number of nitrogens with one attached hydrogen (secondary N) is 1. The van der Waals surface area contributed by atoms with E-state index in [1.54, 1.807) is 6.07 Å². The summed E-state index contributed by atoms with van der Waals surface area (Å²) in [6, 6.07) is 5.77. The number of benzene rings is 1. The molecule has 1 saturated carbocycles. The molecule has 0 aliphatic heterocycles. The molecule has 0 amide bonds. The molecule has 1 fully saturated rings. The van der Waals surface area contributed by atoms with E-state index in [1.807, 2.05) is 12.1 Å². The normalized spacial score (nSPS) is 26.0. The largest absolute Gasteiger partial charge is 0.271 e. The van der Waals surface area contributed by atoms with Crippen molar-refractivity contribution in [1.29, 1.82) is 0 Å². The maximum absolute atomic E-state index is 6.27. The zero-order chi connectivity index (χ0) is 13.1. The minimum atomic E-state index is 0.127. The lowest BCUT2D eigenvalue weighted by Crippen LogP contribution is -2.35. The van der Waals surface area contributed by atoms with Gasteiger partial charge >= 0.3 is 0 Å². The van der Waals surface area contributed by atoms with Gasteiger partial charge in [0.05, 0.1) is 6.04 Å². The van der Waals surface area contributed by atoms with Gasteiger partial charge in [-0.05, 0) is 42.4 Å². The van der Waals surface area contributed by atoms with E-state index in [0.29, 0.717) is 16.0 Å². The minimum Gasteiger partial charge on any atom is -0.271 e. The summed E-state index contributed by atoms with van der Waals surface area (Å²) in [6.07, 6.45) is 4.95. The third-order valence-electron chi connectivity index (χ3n) is 4.01. The number of hydrazine groups is 1. The smallest absolute Gasteiger partial charge is 0.0502 e. The molecule has 0 radical (unpaired) electrons. The molecule has 4 heteroatoms. The van der Waals surface area contributed by atoms with Gasteiger partial charge in [0.1, 0.15) is 0 Å². The van der Waals surface area contributed by atoms with Crippen LogP contribution in [0.2, 0.25) is 10.0 Å². The Morgan fingerprint density at radius 1 is 1.22 bits per heavy atom. The van der Waals surface area contributed by atoms with Crippen molar-refractivity contribution in [2.24, 2.45) is 17.7 Å². The second-order valence-corrected chi connectivity index (χ2v) is 6.17. The molecule has 1 aliphatic carbocycles. The highest BCUT2D eigenvalue weighted by Crippen LogP contribution is 2.38. The first-order valence-electron chi connectivity index (χ1n) is 6.53. The lowest BCUT2D eigenvalue weighted by Gasteiger charge is -2.33. The zero-order valence-corrected chi connectivity index (χ0v) is 12.1. The Balaban J connectivity index is 2.17. The van der Waals surface area contributed by atoms with E-state index in [-0.39, 0.29) is 6.04 Å². The number of halogens is 2. The average molecular weight is 287 g/mol. The zero-order valence-electron chi connectivity index (χ0n) is 10.6. The van der Waals surface area contributed by atoms with Crippen LogP contribution >= 0.6 is 23.2 Å². The third-order valence-corrected chi connectivity index (χ3v) is 4.57. The SMILES string of the molecule is CC1CCC(C(NN)c2ccc(Cl)cc2Cl)CC1. The van der Waals surface area contributed by atoms with Crippen molar-refractivity contribution in [1.82, 2.24) is 5.43 Å². The van der Waals surface area contributed by atoms with Gasteiger partial charge in [0, 0.05) is 10.0 Å². The topological polar surface area (TPSA) is 38.0 Å². The number of nitrogens with two attached hydrogens (primary N) is 1. The van der Waals surface area contributed by atoms with Gasteiger partial charge in [0.2, 0.25) is 0 Å². The monoisotopic (exact) mass is 286 g/mol. The van der Waals surface area contributed by atoms with Crippen LogP contribution in [-0.4, -0.2) is 0 Å². The molecule has 2 rings (SSSR count). The first-order chi connectivity index (χ1) is 8.61.